The Morgan fingerprint density at radius 3 is 3.23 bits per heavy atom. The zero-order chi connectivity index (χ0) is 9.10. The molecule has 1 atom stereocenters. The Hall–Kier alpha value is -0.940. The lowest BCUT2D eigenvalue weighted by molar-refractivity contribution is 0.466. The standard InChI is InChI=1S/C8H15N5/c9-4-8-6-13(12-11-8)5-7-2-1-3-10-7/h6-7,10H,1-5,9H2/t7-/m1/s1. The third kappa shape index (κ3) is 2.05. The number of nitrogens with one attached hydrogen (secondary N) is 1. The summed E-state index contributed by atoms with van der Waals surface area (Å²) in [4.78, 5) is 0. The Morgan fingerprint density at radius 1 is 1.69 bits per heavy atom. The van der Waals surface area contributed by atoms with Crippen LogP contribution in [0.1, 0.15) is 18.5 Å². The molecule has 2 rings (SSSR count). The number of rotatable bonds is 3. The van der Waals surface area contributed by atoms with Crippen molar-refractivity contribution in [2.45, 2.75) is 32.0 Å². The summed E-state index contributed by atoms with van der Waals surface area (Å²) >= 11 is 0. The van der Waals surface area contributed by atoms with Crippen molar-refractivity contribution >= 4 is 0 Å². The van der Waals surface area contributed by atoms with E-state index in [1.807, 2.05) is 10.9 Å². The van der Waals surface area contributed by atoms with Crippen LogP contribution in [0.15, 0.2) is 6.20 Å². The second-order valence-electron chi connectivity index (χ2n) is 3.43. The summed E-state index contributed by atoms with van der Waals surface area (Å²) in [6.07, 6.45) is 4.42. The summed E-state index contributed by atoms with van der Waals surface area (Å²) in [7, 11) is 0. The summed E-state index contributed by atoms with van der Waals surface area (Å²) < 4.78 is 1.87. The molecule has 1 fully saturated rings. The van der Waals surface area contributed by atoms with Gasteiger partial charge in [-0.05, 0) is 19.4 Å². The van der Waals surface area contributed by atoms with Crippen LogP contribution in [0.25, 0.3) is 0 Å². The molecule has 0 saturated carbocycles. The van der Waals surface area contributed by atoms with E-state index < -0.39 is 0 Å². The van der Waals surface area contributed by atoms with Crippen LogP contribution >= 0.6 is 0 Å². The highest BCUT2D eigenvalue weighted by Crippen LogP contribution is 2.06. The maximum Gasteiger partial charge on any atom is 0.0962 e. The van der Waals surface area contributed by atoms with Crippen LogP contribution in [0.4, 0.5) is 0 Å². The van der Waals surface area contributed by atoms with Gasteiger partial charge in [0.25, 0.3) is 0 Å². The molecule has 0 amide bonds. The van der Waals surface area contributed by atoms with Crippen molar-refractivity contribution in [3.63, 3.8) is 0 Å². The predicted octanol–water partition coefficient (Wildman–Crippen LogP) is -0.511. The first-order valence-electron chi connectivity index (χ1n) is 4.71. The van der Waals surface area contributed by atoms with Gasteiger partial charge in [-0.1, -0.05) is 5.21 Å². The molecule has 5 heteroatoms. The highest BCUT2D eigenvalue weighted by Gasteiger charge is 2.14. The molecule has 2 heterocycles. The quantitative estimate of drug-likeness (QED) is 0.659. The van der Waals surface area contributed by atoms with Gasteiger partial charge in [0.2, 0.25) is 0 Å². The molecule has 1 aromatic rings. The van der Waals surface area contributed by atoms with E-state index in [1.165, 1.54) is 12.8 Å². The Balaban J connectivity index is 1.92. The van der Waals surface area contributed by atoms with E-state index in [0.717, 1.165) is 18.8 Å². The van der Waals surface area contributed by atoms with Crippen LogP contribution in [0.5, 0.6) is 0 Å². The third-order valence-corrected chi connectivity index (χ3v) is 2.37. The molecule has 1 aromatic heterocycles. The number of hydrogen-bond donors (Lipinski definition) is 2. The first-order chi connectivity index (χ1) is 6.38. The molecular weight excluding hydrogens is 166 g/mol. The van der Waals surface area contributed by atoms with Crippen molar-refractivity contribution in [3.8, 4) is 0 Å². The van der Waals surface area contributed by atoms with Gasteiger partial charge in [-0.15, -0.1) is 5.10 Å². The van der Waals surface area contributed by atoms with Crippen LogP contribution < -0.4 is 11.1 Å². The van der Waals surface area contributed by atoms with E-state index >= 15 is 0 Å². The summed E-state index contributed by atoms with van der Waals surface area (Å²) in [5.41, 5.74) is 6.30. The van der Waals surface area contributed by atoms with Crippen molar-refractivity contribution in [1.82, 2.24) is 20.3 Å². The maximum atomic E-state index is 5.44. The van der Waals surface area contributed by atoms with Gasteiger partial charge in [0, 0.05) is 18.8 Å². The lowest BCUT2D eigenvalue weighted by atomic mass is 10.2. The Kier molecular flexibility index (Phi) is 2.56. The predicted molar refractivity (Wildman–Crippen MR) is 48.9 cm³/mol. The van der Waals surface area contributed by atoms with Crippen LogP contribution in [0.2, 0.25) is 0 Å². The van der Waals surface area contributed by atoms with E-state index in [-0.39, 0.29) is 0 Å². The molecule has 0 bridgehead atoms. The molecule has 0 aliphatic carbocycles. The second-order valence-corrected chi connectivity index (χ2v) is 3.43. The minimum atomic E-state index is 0.470. The Morgan fingerprint density at radius 2 is 2.62 bits per heavy atom. The number of nitrogens with two attached hydrogens (primary N) is 1. The van der Waals surface area contributed by atoms with Crippen molar-refractivity contribution in [2.24, 2.45) is 5.73 Å². The Bertz CT molecular complexity index is 263. The zero-order valence-corrected chi connectivity index (χ0v) is 7.61. The third-order valence-electron chi connectivity index (χ3n) is 2.37. The van der Waals surface area contributed by atoms with E-state index in [4.69, 9.17) is 5.73 Å². The molecule has 0 spiro atoms. The fourth-order valence-corrected chi connectivity index (χ4v) is 1.66. The lowest BCUT2D eigenvalue weighted by Crippen LogP contribution is -2.26. The minimum Gasteiger partial charge on any atom is -0.325 e. The molecular formula is C8H15N5. The number of hydrogen-bond acceptors (Lipinski definition) is 4. The average Bonchev–Trinajstić information content (AvgIpc) is 2.76. The fourth-order valence-electron chi connectivity index (χ4n) is 1.66. The normalized spacial score (nSPS) is 22.4. The molecule has 13 heavy (non-hydrogen) atoms. The van der Waals surface area contributed by atoms with Gasteiger partial charge >= 0.3 is 0 Å². The van der Waals surface area contributed by atoms with E-state index in [0.29, 0.717) is 12.6 Å². The van der Waals surface area contributed by atoms with Crippen LogP contribution in [-0.4, -0.2) is 27.6 Å². The van der Waals surface area contributed by atoms with E-state index in [9.17, 15) is 0 Å². The highest BCUT2D eigenvalue weighted by molar-refractivity contribution is 4.91. The summed E-state index contributed by atoms with van der Waals surface area (Å²) in [6.45, 7) is 2.51. The molecule has 3 N–H and O–H groups in total. The Labute approximate surface area is 77.3 Å². The van der Waals surface area contributed by atoms with Crippen LogP contribution in [0.3, 0.4) is 0 Å². The molecule has 0 radical (unpaired) electrons. The topological polar surface area (TPSA) is 68.8 Å². The van der Waals surface area contributed by atoms with Crippen molar-refractivity contribution < 1.29 is 0 Å². The van der Waals surface area contributed by atoms with Gasteiger partial charge in [-0.25, -0.2) is 0 Å². The largest absolute Gasteiger partial charge is 0.325 e. The second kappa shape index (κ2) is 3.85. The molecule has 0 aromatic carbocycles. The van der Waals surface area contributed by atoms with Crippen molar-refractivity contribution in [3.05, 3.63) is 11.9 Å². The molecule has 0 unspecified atom stereocenters. The maximum absolute atomic E-state index is 5.44. The zero-order valence-electron chi connectivity index (χ0n) is 7.61. The SMILES string of the molecule is NCc1cn(C[C@H]2CCCN2)nn1. The smallest absolute Gasteiger partial charge is 0.0962 e. The minimum absolute atomic E-state index is 0.470. The van der Waals surface area contributed by atoms with E-state index in [1.54, 1.807) is 0 Å². The highest BCUT2D eigenvalue weighted by atomic mass is 15.4. The van der Waals surface area contributed by atoms with Crippen LogP contribution in [-0.2, 0) is 13.1 Å². The van der Waals surface area contributed by atoms with Gasteiger partial charge in [-0.3, -0.25) is 4.68 Å². The van der Waals surface area contributed by atoms with Gasteiger partial charge in [-0.2, -0.15) is 0 Å². The fraction of sp³-hybridized carbons (Fsp3) is 0.750. The lowest BCUT2D eigenvalue weighted by Gasteiger charge is -2.08. The summed E-state index contributed by atoms with van der Waals surface area (Å²) in [5.74, 6) is 0. The summed E-state index contributed by atoms with van der Waals surface area (Å²) in [6, 6.07) is 0.562. The van der Waals surface area contributed by atoms with Crippen LogP contribution in [0, 0.1) is 0 Å². The molecule has 72 valence electrons. The van der Waals surface area contributed by atoms with Crippen molar-refractivity contribution in [2.75, 3.05) is 6.54 Å². The molecule has 1 saturated heterocycles. The summed E-state index contributed by atoms with van der Waals surface area (Å²) in [5, 5.41) is 11.3. The average molecular weight is 181 g/mol. The first kappa shape index (κ1) is 8.65. The number of aromatic nitrogens is 3. The molecule has 1 aliphatic rings. The van der Waals surface area contributed by atoms with Gasteiger partial charge in [0.05, 0.1) is 12.2 Å². The van der Waals surface area contributed by atoms with Gasteiger partial charge in [0.15, 0.2) is 0 Å². The number of nitrogens with zero attached hydrogens (tertiary/aromatic N) is 3. The first-order valence-corrected chi connectivity index (χ1v) is 4.71. The van der Waals surface area contributed by atoms with Crippen molar-refractivity contribution in [1.29, 1.82) is 0 Å². The van der Waals surface area contributed by atoms with E-state index in [2.05, 4.69) is 15.6 Å². The molecule has 5 nitrogen and oxygen atoms in total. The molecule has 1 aliphatic heterocycles. The van der Waals surface area contributed by atoms with Gasteiger partial charge < -0.3 is 11.1 Å². The van der Waals surface area contributed by atoms with Gasteiger partial charge in [0.1, 0.15) is 0 Å². The monoisotopic (exact) mass is 181 g/mol.